The lowest BCUT2D eigenvalue weighted by atomic mass is 10.2. The van der Waals surface area contributed by atoms with Crippen LogP contribution in [0.5, 0.6) is 11.5 Å². The molecule has 0 atom stereocenters. The molecule has 1 fully saturated rings. The number of amides is 2. The van der Waals surface area contributed by atoms with E-state index in [0.717, 1.165) is 28.0 Å². The molecule has 5 nitrogen and oxygen atoms in total. The number of benzene rings is 2. The van der Waals surface area contributed by atoms with Gasteiger partial charge in [-0.2, -0.15) is 0 Å². The topological polar surface area (TPSA) is 66.8 Å². The van der Waals surface area contributed by atoms with Crippen LogP contribution in [0.15, 0.2) is 53.4 Å². The number of methoxy groups -OCH3 is 1. The number of ether oxygens (including phenoxy) is 1. The Labute approximate surface area is 137 Å². The SMILES string of the molecule is COc1ccc(/C=C2/SC(=O)N(c3ccc(O)cc3)C2=O)cc1. The Balaban J connectivity index is 1.88. The van der Waals surface area contributed by atoms with Crippen LogP contribution >= 0.6 is 11.8 Å². The molecule has 1 saturated heterocycles. The average molecular weight is 327 g/mol. The van der Waals surface area contributed by atoms with Gasteiger partial charge in [0.1, 0.15) is 11.5 Å². The second kappa shape index (κ2) is 6.18. The summed E-state index contributed by atoms with van der Waals surface area (Å²) in [5.74, 6) is 0.426. The predicted molar refractivity (Wildman–Crippen MR) is 89.6 cm³/mol. The van der Waals surface area contributed by atoms with Crippen molar-refractivity contribution in [2.75, 3.05) is 12.0 Å². The highest BCUT2D eigenvalue weighted by Crippen LogP contribution is 2.36. The molecule has 0 aliphatic carbocycles. The molecule has 2 aromatic carbocycles. The van der Waals surface area contributed by atoms with Gasteiger partial charge in [0.15, 0.2) is 0 Å². The van der Waals surface area contributed by atoms with Crippen LogP contribution in [0.1, 0.15) is 5.56 Å². The van der Waals surface area contributed by atoms with E-state index in [1.165, 1.54) is 24.3 Å². The number of rotatable bonds is 3. The molecule has 0 bridgehead atoms. The first-order valence-electron chi connectivity index (χ1n) is 6.79. The van der Waals surface area contributed by atoms with Gasteiger partial charge < -0.3 is 9.84 Å². The smallest absolute Gasteiger partial charge is 0.298 e. The quantitative estimate of drug-likeness (QED) is 0.872. The molecular formula is C17H13NO4S. The highest BCUT2D eigenvalue weighted by Gasteiger charge is 2.36. The Hall–Kier alpha value is -2.73. The molecule has 23 heavy (non-hydrogen) atoms. The molecule has 0 saturated carbocycles. The van der Waals surface area contributed by atoms with Gasteiger partial charge in [-0.15, -0.1) is 0 Å². The number of phenolic OH excluding ortho intramolecular Hbond substituents is 1. The van der Waals surface area contributed by atoms with E-state index in [1.54, 1.807) is 25.3 Å². The lowest BCUT2D eigenvalue weighted by molar-refractivity contribution is -0.113. The molecule has 1 aliphatic heterocycles. The average Bonchev–Trinajstić information content (AvgIpc) is 2.83. The molecule has 116 valence electrons. The van der Waals surface area contributed by atoms with Crippen molar-refractivity contribution in [3.05, 3.63) is 59.0 Å². The highest BCUT2D eigenvalue weighted by atomic mass is 32.2. The summed E-state index contributed by atoms with van der Waals surface area (Å²) in [5.41, 5.74) is 1.24. The van der Waals surface area contributed by atoms with E-state index < -0.39 is 0 Å². The second-order valence-electron chi connectivity index (χ2n) is 4.81. The number of aromatic hydroxyl groups is 1. The third-order valence-electron chi connectivity index (χ3n) is 3.32. The van der Waals surface area contributed by atoms with E-state index in [1.807, 2.05) is 12.1 Å². The summed E-state index contributed by atoms with van der Waals surface area (Å²) in [6.45, 7) is 0. The molecule has 3 rings (SSSR count). The predicted octanol–water partition coefficient (Wildman–Crippen LogP) is 3.64. The number of anilines is 1. The van der Waals surface area contributed by atoms with Gasteiger partial charge in [-0.3, -0.25) is 9.59 Å². The first-order valence-corrected chi connectivity index (χ1v) is 7.61. The summed E-state index contributed by atoms with van der Waals surface area (Å²) in [6, 6.07) is 13.1. The van der Waals surface area contributed by atoms with Gasteiger partial charge in [-0.25, -0.2) is 4.90 Å². The van der Waals surface area contributed by atoms with Crippen LogP contribution in [-0.4, -0.2) is 23.4 Å². The monoisotopic (exact) mass is 327 g/mol. The zero-order valence-corrected chi connectivity index (χ0v) is 13.0. The highest BCUT2D eigenvalue weighted by molar-refractivity contribution is 8.19. The van der Waals surface area contributed by atoms with E-state index in [9.17, 15) is 14.7 Å². The number of imide groups is 1. The molecule has 0 radical (unpaired) electrons. The molecule has 2 amide bonds. The molecular weight excluding hydrogens is 314 g/mol. The van der Waals surface area contributed by atoms with E-state index in [0.29, 0.717) is 10.6 Å². The van der Waals surface area contributed by atoms with Crippen LogP contribution in [-0.2, 0) is 4.79 Å². The minimum absolute atomic E-state index is 0.0782. The molecule has 2 aromatic rings. The zero-order chi connectivity index (χ0) is 16.4. The minimum atomic E-state index is -0.374. The number of carbonyl (C=O) groups is 2. The standard InChI is InChI=1S/C17H13NO4S/c1-22-14-8-2-11(3-9-14)10-15-16(20)18(17(21)23-15)12-4-6-13(19)7-5-12/h2-10,19H,1H3/b15-10+. The van der Waals surface area contributed by atoms with Crippen molar-refractivity contribution < 1.29 is 19.4 Å². The van der Waals surface area contributed by atoms with Crippen molar-refractivity contribution in [1.82, 2.24) is 0 Å². The number of thioether (sulfide) groups is 1. The van der Waals surface area contributed by atoms with Crippen molar-refractivity contribution in [3.63, 3.8) is 0 Å². The van der Waals surface area contributed by atoms with Gasteiger partial charge in [0.2, 0.25) is 0 Å². The Morgan fingerprint density at radius 2 is 1.70 bits per heavy atom. The van der Waals surface area contributed by atoms with Gasteiger partial charge in [0.05, 0.1) is 17.7 Å². The fraction of sp³-hybridized carbons (Fsp3) is 0.0588. The van der Waals surface area contributed by atoms with Crippen LogP contribution in [0.2, 0.25) is 0 Å². The third-order valence-corrected chi connectivity index (χ3v) is 4.18. The number of carbonyl (C=O) groups excluding carboxylic acids is 2. The second-order valence-corrected chi connectivity index (χ2v) is 5.80. The lowest BCUT2D eigenvalue weighted by Gasteiger charge is -2.12. The normalized spacial score (nSPS) is 16.2. The van der Waals surface area contributed by atoms with Gasteiger partial charge in [-0.05, 0) is 59.8 Å². The summed E-state index contributed by atoms with van der Waals surface area (Å²) < 4.78 is 5.09. The van der Waals surface area contributed by atoms with Crippen LogP contribution in [0, 0.1) is 0 Å². The summed E-state index contributed by atoms with van der Waals surface area (Å²) in [7, 11) is 1.58. The van der Waals surface area contributed by atoms with E-state index in [-0.39, 0.29) is 16.9 Å². The molecule has 0 unspecified atom stereocenters. The maximum absolute atomic E-state index is 12.5. The van der Waals surface area contributed by atoms with E-state index in [2.05, 4.69) is 0 Å². The van der Waals surface area contributed by atoms with Crippen molar-refractivity contribution in [2.45, 2.75) is 0 Å². The van der Waals surface area contributed by atoms with Crippen LogP contribution in [0.4, 0.5) is 10.5 Å². The summed E-state index contributed by atoms with van der Waals surface area (Å²) in [6.07, 6.45) is 1.67. The van der Waals surface area contributed by atoms with Gasteiger partial charge in [0, 0.05) is 0 Å². The molecule has 1 heterocycles. The maximum atomic E-state index is 12.5. The van der Waals surface area contributed by atoms with Gasteiger partial charge in [0.25, 0.3) is 11.1 Å². The summed E-state index contributed by atoms with van der Waals surface area (Å²) >= 11 is 0.890. The Morgan fingerprint density at radius 1 is 1.04 bits per heavy atom. The fourth-order valence-corrected chi connectivity index (χ4v) is 2.98. The van der Waals surface area contributed by atoms with Crippen molar-refractivity contribution in [3.8, 4) is 11.5 Å². The Kier molecular flexibility index (Phi) is 4.08. The van der Waals surface area contributed by atoms with Crippen LogP contribution in [0.3, 0.4) is 0 Å². The first kappa shape index (κ1) is 15.2. The Morgan fingerprint density at radius 3 is 2.30 bits per heavy atom. The molecule has 6 heteroatoms. The number of nitrogens with zero attached hydrogens (tertiary/aromatic N) is 1. The molecule has 1 N–H and O–H groups in total. The fourth-order valence-electron chi connectivity index (χ4n) is 2.14. The van der Waals surface area contributed by atoms with Crippen LogP contribution < -0.4 is 9.64 Å². The molecule has 1 aliphatic rings. The largest absolute Gasteiger partial charge is 0.508 e. The number of hydrogen-bond donors (Lipinski definition) is 1. The van der Waals surface area contributed by atoms with Gasteiger partial charge in [-0.1, -0.05) is 12.1 Å². The van der Waals surface area contributed by atoms with Crippen molar-refractivity contribution in [1.29, 1.82) is 0 Å². The van der Waals surface area contributed by atoms with Crippen LogP contribution in [0.25, 0.3) is 6.08 Å². The number of hydrogen-bond acceptors (Lipinski definition) is 5. The lowest BCUT2D eigenvalue weighted by Crippen LogP contribution is -2.27. The summed E-state index contributed by atoms with van der Waals surface area (Å²) in [5, 5.41) is 8.94. The number of phenols is 1. The first-order chi connectivity index (χ1) is 11.1. The summed E-state index contributed by atoms with van der Waals surface area (Å²) in [4.78, 5) is 26.0. The Bertz CT molecular complexity index is 781. The minimum Gasteiger partial charge on any atom is -0.508 e. The molecule has 0 aromatic heterocycles. The molecule has 0 spiro atoms. The van der Waals surface area contributed by atoms with E-state index in [4.69, 9.17) is 4.74 Å². The third kappa shape index (κ3) is 3.07. The van der Waals surface area contributed by atoms with Crippen molar-refractivity contribution >= 4 is 34.7 Å². The van der Waals surface area contributed by atoms with Crippen molar-refractivity contribution in [2.24, 2.45) is 0 Å². The van der Waals surface area contributed by atoms with E-state index >= 15 is 0 Å². The zero-order valence-electron chi connectivity index (χ0n) is 12.2. The maximum Gasteiger partial charge on any atom is 0.298 e. The van der Waals surface area contributed by atoms with Gasteiger partial charge >= 0.3 is 0 Å².